The average Bonchev–Trinajstić information content (AvgIpc) is 2.68. The van der Waals surface area contributed by atoms with E-state index >= 15 is 0 Å². The summed E-state index contributed by atoms with van der Waals surface area (Å²) in [6.07, 6.45) is 1.14. The van der Waals surface area contributed by atoms with E-state index in [-0.39, 0.29) is 6.42 Å². The second-order valence-electron chi connectivity index (χ2n) is 3.87. The van der Waals surface area contributed by atoms with E-state index in [4.69, 9.17) is 0 Å². The van der Waals surface area contributed by atoms with Gasteiger partial charge in [0.05, 0.1) is 11.8 Å². The van der Waals surface area contributed by atoms with E-state index in [9.17, 15) is 13.9 Å². The number of aromatic nitrogens is 2. The summed E-state index contributed by atoms with van der Waals surface area (Å²) < 4.78 is 27.3. The summed E-state index contributed by atoms with van der Waals surface area (Å²) in [4.78, 5) is 0. The Morgan fingerprint density at radius 2 is 2.06 bits per heavy atom. The van der Waals surface area contributed by atoms with Crippen molar-refractivity contribution in [3.05, 3.63) is 53.4 Å². The molecule has 1 atom stereocenters. The number of hydrogen-bond donors (Lipinski definition) is 1. The molecule has 1 N–H and O–H groups in total. The molecular formula is C12H12F2N2O. The van der Waals surface area contributed by atoms with Gasteiger partial charge in [0.2, 0.25) is 0 Å². The molecule has 0 fully saturated rings. The van der Waals surface area contributed by atoms with Gasteiger partial charge in [0.15, 0.2) is 11.6 Å². The molecule has 1 aromatic heterocycles. The van der Waals surface area contributed by atoms with Crippen LogP contribution in [0.3, 0.4) is 0 Å². The van der Waals surface area contributed by atoms with Gasteiger partial charge in [0.25, 0.3) is 0 Å². The third-order valence-electron chi connectivity index (χ3n) is 2.50. The zero-order valence-corrected chi connectivity index (χ0v) is 9.27. The third kappa shape index (κ3) is 2.68. The Hall–Kier alpha value is -1.75. The minimum atomic E-state index is -0.956. The Labute approximate surface area is 97.3 Å². The highest BCUT2D eigenvalue weighted by molar-refractivity contribution is 5.21. The Balaban J connectivity index is 2.14. The van der Waals surface area contributed by atoms with Crippen LogP contribution in [0.25, 0.3) is 0 Å². The number of nitrogens with zero attached hydrogens (tertiary/aromatic N) is 2. The van der Waals surface area contributed by atoms with Crippen LogP contribution in [0.4, 0.5) is 8.78 Å². The molecule has 0 saturated carbocycles. The largest absolute Gasteiger partial charge is 0.388 e. The highest BCUT2D eigenvalue weighted by Gasteiger charge is 2.12. The van der Waals surface area contributed by atoms with Crippen molar-refractivity contribution in [2.45, 2.75) is 12.5 Å². The lowest BCUT2D eigenvalue weighted by molar-refractivity contribution is 0.176. The Morgan fingerprint density at radius 1 is 1.29 bits per heavy atom. The molecule has 1 heterocycles. The van der Waals surface area contributed by atoms with Gasteiger partial charge in [-0.05, 0) is 23.8 Å². The second kappa shape index (κ2) is 4.63. The van der Waals surface area contributed by atoms with Gasteiger partial charge in [0, 0.05) is 19.7 Å². The van der Waals surface area contributed by atoms with Crippen molar-refractivity contribution in [3.63, 3.8) is 0 Å². The van der Waals surface area contributed by atoms with Crippen LogP contribution in [0.5, 0.6) is 0 Å². The Morgan fingerprint density at radius 3 is 2.65 bits per heavy atom. The van der Waals surface area contributed by atoms with Gasteiger partial charge in [-0.25, -0.2) is 8.78 Å². The maximum Gasteiger partial charge on any atom is 0.159 e. The van der Waals surface area contributed by atoms with Crippen molar-refractivity contribution < 1.29 is 13.9 Å². The van der Waals surface area contributed by atoms with E-state index in [2.05, 4.69) is 5.10 Å². The van der Waals surface area contributed by atoms with Gasteiger partial charge >= 0.3 is 0 Å². The molecule has 0 radical (unpaired) electrons. The second-order valence-corrected chi connectivity index (χ2v) is 3.87. The predicted octanol–water partition coefficient (Wildman–Crippen LogP) is 1.97. The maximum atomic E-state index is 13.0. The quantitative estimate of drug-likeness (QED) is 0.887. The first-order valence-corrected chi connectivity index (χ1v) is 5.18. The fourth-order valence-corrected chi connectivity index (χ4v) is 1.61. The smallest absolute Gasteiger partial charge is 0.159 e. The molecule has 0 aliphatic heterocycles. The van der Waals surface area contributed by atoms with E-state index in [1.54, 1.807) is 24.0 Å². The number of aryl methyl sites for hydroxylation is 1. The molecule has 2 rings (SSSR count). The van der Waals surface area contributed by atoms with E-state index in [1.165, 1.54) is 6.07 Å². The van der Waals surface area contributed by atoms with Gasteiger partial charge in [-0.15, -0.1) is 0 Å². The molecule has 0 aliphatic rings. The Bertz CT molecular complexity index is 525. The molecule has 5 heteroatoms. The van der Waals surface area contributed by atoms with Gasteiger partial charge in [-0.3, -0.25) is 4.68 Å². The van der Waals surface area contributed by atoms with Crippen LogP contribution in [0, 0.1) is 11.6 Å². The monoisotopic (exact) mass is 238 g/mol. The summed E-state index contributed by atoms with van der Waals surface area (Å²) in [5, 5.41) is 14.0. The highest BCUT2D eigenvalue weighted by Crippen LogP contribution is 2.19. The summed E-state index contributed by atoms with van der Waals surface area (Å²) in [6, 6.07) is 5.14. The summed E-state index contributed by atoms with van der Waals surface area (Å²) in [5.41, 5.74) is 1.04. The van der Waals surface area contributed by atoms with E-state index < -0.39 is 17.7 Å². The standard InChI is InChI=1S/C12H12F2N2O/c1-16-5-4-9(15-16)7-12(17)8-2-3-10(13)11(14)6-8/h2-6,12,17H,7H2,1H3. The minimum Gasteiger partial charge on any atom is -0.388 e. The SMILES string of the molecule is Cn1ccc(CC(O)c2ccc(F)c(F)c2)n1. The topological polar surface area (TPSA) is 38.0 Å². The predicted molar refractivity (Wildman–Crippen MR) is 58.2 cm³/mol. The zero-order valence-electron chi connectivity index (χ0n) is 9.27. The summed E-state index contributed by atoms with van der Waals surface area (Å²) in [6.45, 7) is 0. The highest BCUT2D eigenvalue weighted by atomic mass is 19.2. The molecule has 17 heavy (non-hydrogen) atoms. The van der Waals surface area contributed by atoms with Gasteiger partial charge in [-0.2, -0.15) is 5.10 Å². The van der Waals surface area contributed by atoms with Crippen molar-refractivity contribution in [1.29, 1.82) is 0 Å². The van der Waals surface area contributed by atoms with Gasteiger partial charge in [-0.1, -0.05) is 6.07 Å². The molecule has 1 unspecified atom stereocenters. The average molecular weight is 238 g/mol. The Kier molecular flexibility index (Phi) is 3.19. The number of hydrogen-bond acceptors (Lipinski definition) is 2. The van der Waals surface area contributed by atoms with Crippen LogP contribution in [0.2, 0.25) is 0 Å². The summed E-state index contributed by atoms with van der Waals surface area (Å²) >= 11 is 0. The van der Waals surface area contributed by atoms with Crippen molar-refractivity contribution in [1.82, 2.24) is 9.78 Å². The zero-order chi connectivity index (χ0) is 12.4. The van der Waals surface area contributed by atoms with Crippen LogP contribution >= 0.6 is 0 Å². The number of aliphatic hydroxyl groups excluding tert-OH is 1. The molecule has 3 nitrogen and oxygen atoms in total. The number of benzene rings is 1. The van der Waals surface area contributed by atoms with Crippen molar-refractivity contribution in [2.75, 3.05) is 0 Å². The van der Waals surface area contributed by atoms with Crippen LogP contribution in [-0.4, -0.2) is 14.9 Å². The molecule has 0 spiro atoms. The van der Waals surface area contributed by atoms with Crippen molar-refractivity contribution in [2.24, 2.45) is 7.05 Å². The fourth-order valence-electron chi connectivity index (χ4n) is 1.61. The van der Waals surface area contributed by atoms with Crippen molar-refractivity contribution >= 4 is 0 Å². The normalized spacial score (nSPS) is 12.7. The lowest BCUT2D eigenvalue weighted by Gasteiger charge is -2.09. The summed E-state index contributed by atoms with van der Waals surface area (Å²) in [5.74, 6) is -1.87. The molecule has 2 aromatic rings. The number of aliphatic hydroxyl groups is 1. The van der Waals surface area contributed by atoms with E-state index in [1.807, 2.05) is 0 Å². The molecule has 0 bridgehead atoms. The lowest BCUT2D eigenvalue weighted by Crippen LogP contribution is -2.04. The molecular weight excluding hydrogens is 226 g/mol. The molecule has 0 aliphatic carbocycles. The lowest BCUT2D eigenvalue weighted by atomic mass is 10.0. The molecule has 1 aromatic carbocycles. The van der Waals surface area contributed by atoms with Crippen LogP contribution in [0.1, 0.15) is 17.4 Å². The fraction of sp³-hybridized carbons (Fsp3) is 0.250. The first-order valence-electron chi connectivity index (χ1n) is 5.18. The van der Waals surface area contributed by atoms with Crippen LogP contribution in [0.15, 0.2) is 30.5 Å². The minimum absolute atomic E-state index is 0.270. The molecule has 0 saturated heterocycles. The first-order chi connectivity index (χ1) is 8.06. The van der Waals surface area contributed by atoms with Crippen LogP contribution < -0.4 is 0 Å². The van der Waals surface area contributed by atoms with E-state index in [0.29, 0.717) is 11.3 Å². The van der Waals surface area contributed by atoms with E-state index in [0.717, 1.165) is 12.1 Å². The third-order valence-corrected chi connectivity index (χ3v) is 2.50. The molecule has 90 valence electrons. The van der Waals surface area contributed by atoms with Gasteiger partial charge < -0.3 is 5.11 Å². The number of rotatable bonds is 3. The molecule has 0 amide bonds. The first kappa shape index (κ1) is 11.7. The summed E-state index contributed by atoms with van der Waals surface area (Å²) in [7, 11) is 1.77. The van der Waals surface area contributed by atoms with Gasteiger partial charge in [0.1, 0.15) is 0 Å². The number of halogens is 2. The maximum absolute atomic E-state index is 13.0. The van der Waals surface area contributed by atoms with Crippen LogP contribution in [-0.2, 0) is 13.5 Å². The van der Waals surface area contributed by atoms with Crippen molar-refractivity contribution in [3.8, 4) is 0 Å².